The van der Waals surface area contributed by atoms with Crippen LogP contribution < -0.4 is 4.74 Å². The highest BCUT2D eigenvalue weighted by atomic mass is 35.5. The highest BCUT2D eigenvalue weighted by molar-refractivity contribution is 6.36. The number of hydrogen-bond donors (Lipinski definition) is 0. The minimum absolute atomic E-state index is 0.0954. The van der Waals surface area contributed by atoms with E-state index in [1.807, 2.05) is 20.8 Å². The van der Waals surface area contributed by atoms with Gasteiger partial charge in [0.2, 0.25) is 5.91 Å². The molecule has 1 heterocycles. The molecule has 1 aromatic rings. The summed E-state index contributed by atoms with van der Waals surface area (Å²) in [6.07, 6.45) is 0. The maximum Gasteiger partial charge on any atom is 0.257 e. The van der Waals surface area contributed by atoms with Gasteiger partial charge in [0.1, 0.15) is 5.75 Å². The van der Waals surface area contributed by atoms with Crippen LogP contribution in [-0.2, 0) is 4.79 Å². The van der Waals surface area contributed by atoms with Gasteiger partial charge in [-0.15, -0.1) is 0 Å². The summed E-state index contributed by atoms with van der Waals surface area (Å²) in [5, 5.41) is 0.681. The van der Waals surface area contributed by atoms with Gasteiger partial charge >= 0.3 is 0 Å². The Hall–Kier alpha value is -1.46. The van der Waals surface area contributed by atoms with E-state index in [1.165, 1.54) is 7.11 Å². The molecule has 24 heavy (non-hydrogen) atoms. The van der Waals surface area contributed by atoms with E-state index in [2.05, 4.69) is 0 Å². The fourth-order valence-electron chi connectivity index (χ4n) is 2.68. The van der Waals surface area contributed by atoms with Gasteiger partial charge in [0.05, 0.1) is 17.7 Å². The molecule has 2 rings (SSSR count). The van der Waals surface area contributed by atoms with Crippen molar-refractivity contribution >= 4 is 35.0 Å². The SMILES string of the molecule is COc1c(Cl)cc(Cl)cc1C(=O)N1CCN(C(=O)C(C)(C)C)CC1. The Kier molecular flexibility index (Phi) is 5.66. The van der Waals surface area contributed by atoms with Crippen molar-refractivity contribution in [2.45, 2.75) is 20.8 Å². The molecule has 132 valence electrons. The van der Waals surface area contributed by atoms with Crippen LogP contribution in [0, 0.1) is 5.41 Å². The molecule has 1 aliphatic heterocycles. The van der Waals surface area contributed by atoms with E-state index < -0.39 is 5.41 Å². The molecule has 0 aromatic heterocycles. The van der Waals surface area contributed by atoms with E-state index >= 15 is 0 Å². The second-order valence-electron chi connectivity index (χ2n) is 6.80. The molecule has 7 heteroatoms. The number of nitrogens with zero attached hydrogens (tertiary/aromatic N) is 2. The molecule has 5 nitrogen and oxygen atoms in total. The normalized spacial score (nSPS) is 15.4. The van der Waals surface area contributed by atoms with Crippen molar-refractivity contribution in [1.29, 1.82) is 0 Å². The summed E-state index contributed by atoms with van der Waals surface area (Å²) in [7, 11) is 1.46. The van der Waals surface area contributed by atoms with Crippen LogP contribution in [0.3, 0.4) is 0 Å². The highest BCUT2D eigenvalue weighted by Crippen LogP contribution is 2.33. The average molecular weight is 373 g/mol. The fraction of sp³-hybridized carbons (Fsp3) is 0.529. The van der Waals surface area contributed by atoms with Gasteiger partial charge in [-0.2, -0.15) is 0 Å². The standard InChI is InChI=1S/C17H22Cl2N2O3/c1-17(2,3)16(23)21-7-5-20(6-8-21)15(22)12-9-11(18)10-13(19)14(12)24-4/h9-10H,5-8H2,1-4H3. The van der Waals surface area contributed by atoms with Crippen molar-refractivity contribution in [2.75, 3.05) is 33.3 Å². The van der Waals surface area contributed by atoms with Gasteiger partial charge in [-0.3, -0.25) is 9.59 Å². The number of methoxy groups -OCH3 is 1. The zero-order chi connectivity index (χ0) is 18.1. The molecule has 0 aliphatic carbocycles. The molecule has 0 saturated carbocycles. The summed E-state index contributed by atoms with van der Waals surface area (Å²) in [5.41, 5.74) is -0.0822. The van der Waals surface area contributed by atoms with Crippen LogP contribution in [0.25, 0.3) is 0 Å². The van der Waals surface area contributed by atoms with E-state index in [0.717, 1.165) is 0 Å². The number of rotatable bonds is 2. The third-order valence-electron chi connectivity index (χ3n) is 3.94. The molecule has 1 aromatic carbocycles. The number of carbonyl (C=O) groups excluding carboxylic acids is 2. The zero-order valence-electron chi connectivity index (χ0n) is 14.4. The second kappa shape index (κ2) is 7.19. The molecule has 0 spiro atoms. The van der Waals surface area contributed by atoms with Crippen LogP contribution in [0.1, 0.15) is 31.1 Å². The van der Waals surface area contributed by atoms with Crippen molar-refractivity contribution in [3.05, 3.63) is 27.7 Å². The van der Waals surface area contributed by atoms with Crippen LogP contribution in [0.15, 0.2) is 12.1 Å². The van der Waals surface area contributed by atoms with E-state index in [9.17, 15) is 9.59 Å². The second-order valence-corrected chi connectivity index (χ2v) is 7.65. The van der Waals surface area contributed by atoms with E-state index in [4.69, 9.17) is 27.9 Å². The monoisotopic (exact) mass is 372 g/mol. The molecule has 1 fully saturated rings. The van der Waals surface area contributed by atoms with Crippen molar-refractivity contribution in [3.63, 3.8) is 0 Å². The smallest absolute Gasteiger partial charge is 0.257 e. The van der Waals surface area contributed by atoms with Gasteiger partial charge in [0, 0.05) is 36.6 Å². The number of piperazine rings is 1. The highest BCUT2D eigenvalue weighted by Gasteiger charge is 2.32. The lowest BCUT2D eigenvalue weighted by molar-refractivity contribution is -0.140. The Balaban J connectivity index is 2.13. The Labute approximate surface area is 152 Å². The Morgan fingerprint density at radius 1 is 1.04 bits per heavy atom. The van der Waals surface area contributed by atoms with Crippen molar-refractivity contribution < 1.29 is 14.3 Å². The Morgan fingerprint density at radius 2 is 1.58 bits per heavy atom. The van der Waals surface area contributed by atoms with Crippen LogP contribution >= 0.6 is 23.2 Å². The van der Waals surface area contributed by atoms with Crippen molar-refractivity contribution in [3.8, 4) is 5.75 Å². The number of hydrogen-bond acceptors (Lipinski definition) is 3. The number of benzene rings is 1. The number of carbonyl (C=O) groups is 2. The van der Waals surface area contributed by atoms with Gasteiger partial charge in [-0.25, -0.2) is 0 Å². The van der Waals surface area contributed by atoms with E-state index in [-0.39, 0.29) is 11.8 Å². The van der Waals surface area contributed by atoms with Crippen molar-refractivity contribution in [2.24, 2.45) is 5.41 Å². The van der Waals surface area contributed by atoms with Gasteiger partial charge < -0.3 is 14.5 Å². The minimum atomic E-state index is -0.421. The maximum atomic E-state index is 12.8. The first kappa shape index (κ1) is 18.9. The fourth-order valence-corrected chi connectivity index (χ4v) is 3.25. The van der Waals surface area contributed by atoms with Crippen molar-refractivity contribution in [1.82, 2.24) is 9.80 Å². The molecular formula is C17H22Cl2N2O3. The van der Waals surface area contributed by atoms with E-state index in [0.29, 0.717) is 47.5 Å². The summed E-state index contributed by atoms with van der Waals surface area (Å²) in [5.74, 6) is 0.219. The molecule has 0 atom stereocenters. The Bertz CT molecular complexity index is 648. The van der Waals surface area contributed by atoms with Gasteiger partial charge in [0.15, 0.2) is 0 Å². The predicted octanol–water partition coefficient (Wildman–Crippen LogP) is 3.33. The molecular weight excluding hydrogens is 351 g/mol. The van der Waals surface area contributed by atoms with Gasteiger partial charge in [-0.05, 0) is 12.1 Å². The zero-order valence-corrected chi connectivity index (χ0v) is 15.9. The Morgan fingerprint density at radius 3 is 2.08 bits per heavy atom. The maximum absolute atomic E-state index is 12.8. The van der Waals surface area contributed by atoms with Crippen LogP contribution in [0.2, 0.25) is 10.0 Å². The summed E-state index contributed by atoms with van der Waals surface area (Å²) >= 11 is 12.1. The third kappa shape index (κ3) is 3.95. The summed E-state index contributed by atoms with van der Waals surface area (Å²) in [6.45, 7) is 7.64. The molecule has 2 amide bonds. The van der Waals surface area contributed by atoms with Crippen LogP contribution in [-0.4, -0.2) is 54.9 Å². The number of amides is 2. The quantitative estimate of drug-likeness (QED) is 0.799. The molecule has 0 N–H and O–H groups in total. The third-order valence-corrected chi connectivity index (χ3v) is 4.44. The number of halogens is 2. The largest absolute Gasteiger partial charge is 0.494 e. The molecule has 1 aliphatic rings. The minimum Gasteiger partial charge on any atom is -0.494 e. The van der Waals surface area contributed by atoms with E-state index in [1.54, 1.807) is 21.9 Å². The van der Waals surface area contributed by atoms with Gasteiger partial charge in [0.25, 0.3) is 5.91 Å². The predicted molar refractivity (Wildman–Crippen MR) is 95.0 cm³/mol. The average Bonchev–Trinajstić information content (AvgIpc) is 2.52. The molecule has 0 bridgehead atoms. The lowest BCUT2D eigenvalue weighted by atomic mass is 9.94. The number of ether oxygens (including phenoxy) is 1. The molecule has 0 unspecified atom stereocenters. The first-order chi connectivity index (χ1) is 11.1. The topological polar surface area (TPSA) is 49.9 Å². The van der Waals surface area contributed by atoms with Gasteiger partial charge in [-0.1, -0.05) is 44.0 Å². The molecule has 0 radical (unpaired) electrons. The first-order valence-corrected chi connectivity index (χ1v) is 8.52. The lowest BCUT2D eigenvalue weighted by Gasteiger charge is -2.37. The lowest BCUT2D eigenvalue weighted by Crippen LogP contribution is -2.53. The first-order valence-electron chi connectivity index (χ1n) is 7.77. The molecule has 1 saturated heterocycles. The van der Waals surface area contributed by atoms with Crippen LogP contribution in [0.4, 0.5) is 0 Å². The summed E-state index contributed by atoms with van der Waals surface area (Å²) in [6, 6.07) is 3.10. The van der Waals surface area contributed by atoms with Crippen LogP contribution in [0.5, 0.6) is 5.75 Å². The summed E-state index contributed by atoms with van der Waals surface area (Å²) < 4.78 is 5.24. The summed E-state index contributed by atoms with van der Waals surface area (Å²) in [4.78, 5) is 28.6.